The van der Waals surface area contributed by atoms with Crippen molar-refractivity contribution in [1.29, 1.82) is 0 Å². The fourth-order valence-corrected chi connectivity index (χ4v) is 3.03. The maximum Gasteiger partial charge on any atom is 0.250 e. The summed E-state index contributed by atoms with van der Waals surface area (Å²) >= 11 is 3.44. The van der Waals surface area contributed by atoms with Crippen molar-refractivity contribution < 1.29 is 4.79 Å². The van der Waals surface area contributed by atoms with Gasteiger partial charge in [-0.15, -0.1) is 0 Å². The van der Waals surface area contributed by atoms with Gasteiger partial charge in [-0.25, -0.2) is 0 Å². The number of nitrogens with zero attached hydrogens (tertiary/aromatic N) is 3. The van der Waals surface area contributed by atoms with Crippen LogP contribution in [-0.2, 0) is 4.79 Å². The van der Waals surface area contributed by atoms with Crippen LogP contribution in [0, 0.1) is 0 Å². The summed E-state index contributed by atoms with van der Waals surface area (Å²) in [6, 6.07) is 3.85. The van der Waals surface area contributed by atoms with E-state index in [-0.39, 0.29) is 5.91 Å². The molecule has 1 aromatic heterocycles. The topological polar surface area (TPSA) is 45.6 Å². The lowest BCUT2D eigenvalue weighted by Gasteiger charge is -2.16. The van der Waals surface area contributed by atoms with Gasteiger partial charge in [-0.1, -0.05) is 15.9 Å². The monoisotopic (exact) mass is 307 g/mol. The summed E-state index contributed by atoms with van der Waals surface area (Å²) in [4.78, 5) is 23.0. The molecule has 0 aliphatic carbocycles. The van der Waals surface area contributed by atoms with E-state index in [1.165, 1.54) is 0 Å². The predicted octanol–water partition coefficient (Wildman–Crippen LogP) is 2.03. The van der Waals surface area contributed by atoms with Crippen molar-refractivity contribution in [2.45, 2.75) is 24.8 Å². The minimum absolute atomic E-state index is 0.160. The Kier molecular flexibility index (Phi) is 2.73. The third kappa shape index (κ3) is 1.77. The molecule has 5 heteroatoms. The highest BCUT2D eigenvalue weighted by molar-refractivity contribution is 9.10. The van der Waals surface area contributed by atoms with Gasteiger partial charge in [0.2, 0.25) is 5.91 Å². The zero-order valence-electron chi connectivity index (χ0n) is 10.2. The van der Waals surface area contributed by atoms with E-state index in [4.69, 9.17) is 4.99 Å². The molecule has 0 unspecified atom stereocenters. The number of aromatic nitrogens is 1. The number of carbonyl (C=O) groups is 1. The Labute approximate surface area is 114 Å². The summed E-state index contributed by atoms with van der Waals surface area (Å²) in [5, 5.41) is 0. The van der Waals surface area contributed by atoms with Crippen LogP contribution in [0.1, 0.15) is 25.0 Å². The van der Waals surface area contributed by atoms with Gasteiger partial charge in [0.15, 0.2) is 0 Å². The minimum atomic E-state index is -0.492. The first kappa shape index (κ1) is 11.8. The fraction of sp³-hybridized carbons (Fsp3) is 0.462. The maximum absolute atomic E-state index is 12.2. The summed E-state index contributed by atoms with van der Waals surface area (Å²) in [5.74, 6) is 0.160. The van der Waals surface area contributed by atoms with Crippen LogP contribution >= 0.6 is 15.9 Å². The van der Waals surface area contributed by atoms with E-state index in [0.717, 1.165) is 41.7 Å². The number of likely N-dealkylation sites (N-methyl/N-ethyl adjacent to an activating group) is 1. The molecule has 0 saturated carbocycles. The molecule has 18 heavy (non-hydrogen) atoms. The lowest BCUT2D eigenvalue weighted by Crippen LogP contribution is -2.35. The van der Waals surface area contributed by atoms with Crippen molar-refractivity contribution in [2.24, 2.45) is 4.99 Å². The molecule has 1 fully saturated rings. The largest absolute Gasteiger partial charge is 0.344 e. The number of amides is 1. The van der Waals surface area contributed by atoms with Crippen LogP contribution in [0.3, 0.4) is 0 Å². The summed E-state index contributed by atoms with van der Waals surface area (Å²) in [7, 11) is 1.85. The second-order valence-electron chi connectivity index (χ2n) is 4.93. The van der Waals surface area contributed by atoms with Crippen LogP contribution in [0.4, 0.5) is 0 Å². The summed E-state index contributed by atoms with van der Waals surface area (Å²) in [6.07, 6.45) is 4.25. The van der Waals surface area contributed by atoms with Gasteiger partial charge in [-0.2, -0.15) is 0 Å². The normalized spacial score (nSPS) is 27.1. The Bertz CT molecular complexity index is 543. The zero-order chi connectivity index (χ0) is 12.8. The Balaban J connectivity index is 1.95. The number of likely N-dealkylation sites (tertiary alicyclic amines) is 1. The number of rotatable bonds is 1. The molecule has 94 valence electrons. The number of carbonyl (C=O) groups excluding carboxylic acids is 1. The van der Waals surface area contributed by atoms with Crippen molar-refractivity contribution in [3.8, 4) is 0 Å². The Morgan fingerprint density at radius 2 is 2.28 bits per heavy atom. The molecule has 1 aromatic rings. The third-order valence-corrected chi connectivity index (χ3v) is 4.24. The van der Waals surface area contributed by atoms with Crippen molar-refractivity contribution in [1.82, 2.24) is 9.88 Å². The lowest BCUT2D eigenvalue weighted by atomic mass is 9.95. The van der Waals surface area contributed by atoms with Gasteiger partial charge >= 0.3 is 0 Å². The molecule has 0 bridgehead atoms. The summed E-state index contributed by atoms with van der Waals surface area (Å²) < 4.78 is 0.992. The van der Waals surface area contributed by atoms with Crippen LogP contribution in [0.2, 0.25) is 0 Å². The molecule has 2 aliphatic rings. The van der Waals surface area contributed by atoms with Gasteiger partial charge in [0.05, 0.1) is 11.4 Å². The van der Waals surface area contributed by atoms with Crippen LogP contribution in [0.15, 0.2) is 27.8 Å². The molecular formula is C13H14BrN3O. The molecule has 1 spiro atoms. The van der Waals surface area contributed by atoms with Crippen LogP contribution in [0.5, 0.6) is 0 Å². The Morgan fingerprint density at radius 1 is 1.44 bits per heavy atom. The first-order chi connectivity index (χ1) is 8.61. The van der Waals surface area contributed by atoms with Crippen LogP contribution < -0.4 is 0 Å². The number of hydrogen-bond donors (Lipinski definition) is 0. The maximum atomic E-state index is 12.2. The van der Waals surface area contributed by atoms with Gasteiger partial charge in [0.25, 0.3) is 0 Å². The fourth-order valence-electron chi connectivity index (χ4n) is 2.70. The average Bonchev–Trinajstić information content (AvgIpc) is 2.91. The minimum Gasteiger partial charge on any atom is -0.344 e. The molecule has 0 N–H and O–H groups in total. The molecule has 1 saturated heterocycles. The van der Waals surface area contributed by atoms with E-state index in [2.05, 4.69) is 20.9 Å². The van der Waals surface area contributed by atoms with E-state index in [0.29, 0.717) is 0 Å². The zero-order valence-corrected chi connectivity index (χ0v) is 11.8. The molecule has 1 amide bonds. The molecule has 0 radical (unpaired) electrons. The standard InChI is InChI=1S/C13H14BrN3O/c1-17-7-5-13(12(17)18)4-2-10(16-13)11-8-9(14)3-6-15-11/h3,6,8H,2,4-5,7H2,1H3/t13-/m1/s1. The first-order valence-corrected chi connectivity index (χ1v) is 6.86. The predicted molar refractivity (Wildman–Crippen MR) is 72.7 cm³/mol. The van der Waals surface area contributed by atoms with E-state index in [1.807, 2.05) is 19.2 Å². The quantitative estimate of drug-likeness (QED) is 0.797. The van der Waals surface area contributed by atoms with E-state index < -0.39 is 5.54 Å². The Morgan fingerprint density at radius 3 is 2.94 bits per heavy atom. The van der Waals surface area contributed by atoms with Gasteiger partial charge in [-0.05, 0) is 31.4 Å². The second-order valence-corrected chi connectivity index (χ2v) is 5.84. The molecule has 1 atom stereocenters. The SMILES string of the molecule is CN1CC[C@]2(CCC(c3cc(Br)ccn3)=N2)C1=O. The smallest absolute Gasteiger partial charge is 0.250 e. The lowest BCUT2D eigenvalue weighted by molar-refractivity contribution is -0.130. The molecule has 3 rings (SSSR count). The van der Waals surface area contributed by atoms with E-state index in [1.54, 1.807) is 11.1 Å². The highest BCUT2D eigenvalue weighted by Crippen LogP contribution is 2.36. The van der Waals surface area contributed by atoms with Gasteiger partial charge in [0.1, 0.15) is 5.54 Å². The Hall–Kier alpha value is -1.23. The number of halogens is 1. The molecule has 4 nitrogen and oxygen atoms in total. The second kappa shape index (κ2) is 4.16. The number of aliphatic imine (C=N–C) groups is 1. The van der Waals surface area contributed by atoms with Crippen molar-refractivity contribution in [2.75, 3.05) is 13.6 Å². The van der Waals surface area contributed by atoms with Crippen LogP contribution in [-0.4, -0.2) is 40.6 Å². The highest BCUT2D eigenvalue weighted by Gasteiger charge is 2.48. The average molecular weight is 308 g/mol. The molecule has 2 aliphatic heterocycles. The van der Waals surface area contributed by atoms with E-state index >= 15 is 0 Å². The van der Waals surface area contributed by atoms with E-state index in [9.17, 15) is 4.79 Å². The third-order valence-electron chi connectivity index (χ3n) is 3.75. The van der Waals surface area contributed by atoms with Crippen LogP contribution in [0.25, 0.3) is 0 Å². The van der Waals surface area contributed by atoms with Gasteiger partial charge in [-0.3, -0.25) is 14.8 Å². The molecule has 3 heterocycles. The molecule has 0 aromatic carbocycles. The highest BCUT2D eigenvalue weighted by atomic mass is 79.9. The van der Waals surface area contributed by atoms with Gasteiger partial charge < -0.3 is 4.90 Å². The summed E-state index contributed by atoms with van der Waals surface area (Å²) in [6.45, 7) is 0.807. The van der Waals surface area contributed by atoms with Gasteiger partial charge in [0, 0.05) is 24.3 Å². The van der Waals surface area contributed by atoms with Crippen molar-refractivity contribution >= 4 is 27.5 Å². The summed E-state index contributed by atoms with van der Waals surface area (Å²) in [5.41, 5.74) is 1.34. The molecular weight excluding hydrogens is 294 g/mol. The number of hydrogen-bond acceptors (Lipinski definition) is 3. The van der Waals surface area contributed by atoms with Crippen molar-refractivity contribution in [3.05, 3.63) is 28.5 Å². The van der Waals surface area contributed by atoms with Crippen molar-refractivity contribution in [3.63, 3.8) is 0 Å². The number of pyridine rings is 1. The first-order valence-electron chi connectivity index (χ1n) is 6.07.